The van der Waals surface area contributed by atoms with Gasteiger partial charge in [0.1, 0.15) is 0 Å². The van der Waals surface area contributed by atoms with Gasteiger partial charge in [-0.3, -0.25) is 9.59 Å². The quantitative estimate of drug-likeness (QED) is 0.554. The molecule has 4 rings (SSSR count). The molecule has 0 aromatic heterocycles. The summed E-state index contributed by atoms with van der Waals surface area (Å²) in [5, 5.41) is 20.4. The Morgan fingerprint density at radius 1 is 0.844 bits per heavy atom. The minimum Gasteiger partial charge on any atom is -0.375 e. The second-order valence-electron chi connectivity index (χ2n) is 8.36. The second-order valence-corrected chi connectivity index (χ2v) is 10.1. The maximum absolute atomic E-state index is 12.1. The van der Waals surface area contributed by atoms with Crippen molar-refractivity contribution in [2.24, 2.45) is 0 Å². The van der Waals surface area contributed by atoms with Crippen molar-refractivity contribution in [3.8, 4) is 0 Å². The third-order valence-electron chi connectivity index (χ3n) is 5.77. The van der Waals surface area contributed by atoms with Crippen LogP contribution in [0.3, 0.4) is 0 Å². The number of benzene rings is 2. The largest absolute Gasteiger partial charge is 0.375 e. The van der Waals surface area contributed by atoms with Gasteiger partial charge in [0, 0.05) is 33.2 Å². The molecule has 6 nitrogen and oxygen atoms in total. The third kappa shape index (κ3) is 4.14. The molecule has 2 unspecified atom stereocenters. The Labute approximate surface area is 205 Å². The molecule has 2 aromatic carbocycles. The summed E-state index contributed by atoms with van der Waals surface area (Å²) in [7, 11) is 0. The highest BCUT2D eigenvalue weighted by Gasteiger charge is 2.47. The van der Waals surface area contributed by atoms with Crippen LogP contribution in [0.25, 0.3) is 0 Å². The Kier molecular flexibility index (Phi) is 7.20. The standard InChI is InChI=1S/2C12H14BrNO2/c1-3-7-14-10-8(5-4-6-9(10)13)12(2,16)11(14)15;1-3-6-14-10-5-4-8(13)7-9(10)12(2,16)11(14)15/h4-6,16H,3,7H2,1-2H3;4-5,7,16H,3,6H2,1-2H3. The van der Waals surface area contributed by atoms with Gasteiger partial charge < -0.3 is 20.0 Å². The van der Waals surface area contributed by atoms with E-state index in [0.717, 1.165) is 33.2 Å². The van der Waals surface area contributed by atoms with Crippen molar-refractivity contribution in [2.75, 3.05) is 22.9 Å². The van der Waals surface area contributed by atoms with Crippen LogP contribution >= 0.6 is 31.9 Å². The highest BCUT2D eigenvalue weighted by Crippen LogP contribution is 2.44. The lowest BCUT2D eigenvalue weighted by Gasteiger charge is -2.19. The van der Waals surface area contributed by atoms with Crippen LogP contribution < -0.4 is 9.80 Å². The van der Waals surface area contributed by atoms with Crippen molar-refractivity contribution in [2.45, 2.75) is 51.7 Å². The van der Waals surface area contributed by atoms with Crippen LogP contribution in [-0.2, 0) is 20.8 Å². The minimum absolute atomic E-state index is 0.234. The van der Waals surface area contributed by atoms with Gasteiger partial charge in [-0.25, -0.2) is 0 Å². The number of halogens is 2. The molecule has 2 aliphatic heterocycles. The summed E-state index contributed by atoms with van der Waals surface area (Å²) in [6, 6.07) is 11.1. The minimum atomic E-state index is -1.39. The first kappa shape index (κ1) is 24.9. The molecular formula is C24H28Br2N2O4. The van der Waals surface area contributed by atoms with E-state index in [1.165, 1.54) is 0 Å². The van der Waals surface area contributed by atoms with Crippen LogP contribution in [0.4, 0.5) is 11.4 Å². The summed E-state index contributed by atoms with van der Waals surface area (Å²) >= 11 is 6.79. The van der Waals surface area contributed by atoms with Gasteiger partial charge in [-0.15, -0.1) is 0 Å². The molecule has 172 valence electrons. The van der Waals surface area contributed by atoms with E-state index in [4.69, 9.17) is 0 Å². The molecule has 0 saturated carbocycles. The number of hydrogen-bond acceptors (Lipinski definition) is 4. The SMILES string of the molecule is CCCN1C(=O)C(C)(O)c2cc(Br)ccc21.CCCN1C(=O)C(C)(O)c2cccc(Br)c21. The smallest absolute Gasteiger partial charge is 0.263 e. The van der Waals surface area contributed by atoms with Crippen LogP contribution in [0.2, 0.25) is 0 Å². The zero-order valence-corrected chi connectivity index (χ0v) is 21.8. The van der Waals surface area contributed by atoms with E-state index in [1.54, 1.807) is 29.7 Å². The molecule has 0 spiro atoms. The van der Waals surface area contributed by atoms with E-state index in [-0.39, 0.29) is 11.8 Å². The summed E-state index contributed by atoms with van der Waals surface area (Å²) in [4.78, 5) is 27.4. The number of carbonyl (C=O) groups is 2. The number of nitrogens with zero attached hydrogens (tertiary/aromatic N) is 2. The zero-order valence-electron chi connectivity index (χ0n) is 18.7. The average molecular weight is 568 g/mol. The fraction of sp³-hybridized carbons (Fsp3) is 0.417. The second kappa shape index (κ2) is 9.25. The number of anilines is 2. The summed E-state index contributed by atoms with van der Waals surface area (Å²) in [6.45, 7) is 8.40. The lowest BCUT2D eigenvalue weighted by molar-refractivity contribution is -0.134. The van der Waals surface area contributed by atoms with Crippen molar-refractivity contribution in [3.63, 3.8) is 0 Å². The molecule has 0 aliphatic carbocycles. The number of para-hydroxylation sites is 1. The highest BCUT2D eigenvalue weighted by atomic mass is 79.9. The van der Waals surface area contributed by atoms with E-state index in [0.29, 0.717) is 24.2 Å². The van der Waals surface area contributed by atoms with Gasteiger partial charge in [0.2, 0.25) is 0 Å². The zero-order chi connectivity index (χ0) is 23.8. The molecule has 8 heteroatoms. The molecule has 0 saturated heterocycles. The predicted molar refractivity (Wildman–Crippen MR) is 133 cm³/mol. The van der Waals surface area contributed by atoms with Crippen molar-refractivity contribution < 1.29 is 19.8 Å². The van der Waals surface area contributed by atoms with Gasteiger partial charge in [0.05, 0.1) is 11.4 Å². The Morgan fingerprint density at radius 3 is 2.03 bits per heavy atom. The van der Waals surface area contributed by atoms with E-state index in [9.17, 15) is 19.8 Å². The van der Waals surface area contributed by atoms with Crippen molar-refractivity contribution in [1.82, 2.24) is 0 Å². The van der Waals surface area contributed by atoms with Gasteiger partial charge in [0.25, 0.3) is 11.8 Å². The summed E-state index contributed by atoms with van der Waals surface area (Å²) in [6.07, 6.45) is 1.74. The Balaban J connectivity index is 0.000000181. The summed E-state index contributed by atoms with van der Waals surface area (Å²) in [5.41, 5.74) is 0.197. The fourth-order valence-electron chi connectivity index (χ4n) is 4.17. The van der Waals surface area contributed by atoms with Gasteiger partial charge in [-0.05, 0) is 66.9 Å². The number of amides is 2. The molecule has 0 fully saturated rings. The normalized spacial score (nSPS) is 23.8. The maximum atomic E-state index is 12.1. The van der Waals surface area contributed by atoms with E-state index >= 15 is 0 Å². The lowest BCUT2D eigenvalue weighted by Crippen LogP contribution is -2.38. The molecular weight excluding hydrogens is 540 g/mol. The highest BCUT2D eigenvalue weighted by molar-refractivity contribution is 9.10. The van der Waals surface area contributed by atoms with Gasteiger partial charge >= 0.3 is 0 Å². The first-order valence-electron chi connectivity index (χ1n) is 10.7. The monoisotopic (exact) mass is 566 g/mol. The molecule has 0 bridgehead atoms. The first-order chi connectivity index (χ1) is 15.0. The van der Waals surface area contributed by atoms with Gasteiger partial charge in [-0.1, -0.05) is 41.9 Å². The van der Waals surface area contributed by atoms with E-state index in [2.05, 4.69) is 31.9 Å². The Morgan fingerprint density at radius 2 is 1.41 bits per heavy atom. The molecule has 2 atom stereocenters. The molecule has 2 amide bonds. The number of aliphatic hydroxyl groups is 2. The van der Waals surface area contributed by atoms with Crippen molar-refractivity contribution >= 4 is 55.0 Å². The number of carbonyl (C=O) groups excluding carboxylic acids is 2. The maximum Gasteiger partial charge on any atom is 0.263 e. The van der Waals surface area contributed by atoms with Crippen LogP contribution in [0.5, 0.6) is 0 Å². The van der Waals surface area contributed by atoms with Gasteiger partial charge in [-0.2, -0.15) is 0 Å². The molecule has 2 N–H and O–H groups in total. The topological polar surface area (TPSA) is 81.1 Å². The van der Waals surface area contributed by atoms with Gasteiger partial charge in [0.15, 0.2) is 11.2 Å². The third-order valence-corrected chi connectivity index (χ3v) is 6.91. The Hall–Kier alpha value is -1.74. The fourth-order valence-corrected chi connectivity index (χ4v) is 5.11. The summed E-state index contributed by atoms with van der Waals surface area (Å²) < 4.78 is 1.72. The molecule has 2 aliphatic rings. The van der Waals surface area contributed by atoms with E-state index < -0.39 is 11.2 Å². The van der Waals surface area contributed by atoms with Crippen molar-refractivity contribution in [1.29, 1.82) is 0 Å². The van der Waals surface area contributed by atoms with Crippen LogP contribution in [0.15, 0.2) is 45.3 Å². The molecule has 0 radical (unpaired) electrons. The number of fused-ring (bicyclic) bond motifs is 2. The molecule has 2 aromatic rings. The van der Waals surface area contributed by atoms with E-state index in [1.807, 2.05) is 44.2 Å². The molecule has 32 heavy (non-hydrogen) atoms. The van der Waals surface area contributed by atoms with Crippen molar-refractivity contribution in [3.05, 3.63) is 56.5 Å². The predicted octanol–water partition coefficient (Wildman–Crippen LogP) is 4.83. The molecule has 2 heterocycles. The Bertz CT molecular complexity index is 1050. The summed E-state index contributed by atoms with van der Waals surface area (Å²) in [5.74, 6) is -0.473. The van der Waals surface area contributed by atoms with Crippen LogP contribution in [-0.4, -0.2) is 35.1 Å². The average Bonchev–Trinajstić information content (AvgIpc) is 3.05. The van der Waals surface area contributed by atoms with Crippen LogP contribution in [0.1, 0.15) is 51.7 Å². The lowest BCUT2D eigenvalue weighted by atomic mass is 9.98. The first-order valence-corrected chi connectivity index (χ1v) is 12.2. The van der Waals surface area contributed by atoms with Crippen LogP contribution in [0, 0.1) is 0 Å². The number of hydrogen-bond donors (Lipinski definition) is 2. The number of rotatable bonds is 4.